The van der Waals surface area contributed by atoms with Gasteiger partial charge in [-0.2, -0.15) is 8.61 Å². The summed E-state index contributed by atoms with van der Waals surface area (Å²) >= 11 is 0. The highest BCUT2D eigenvalue weighted by molar-refractivity contribution is 7.89. The molecule has 9 heteroatoms. The molecule has 0 aromatic heterocycles. The molecule has 2 heterocycles. The third-order valence-electron chi connectivity index (χ3n) is 5.84. The molecular formula is C21H27N3O4S2. The van der Waals surface area contributed by atoms with Crippen molar-refractivity contribution in [2.24, 2.45) is 0 Å². The minimum Gasteiger partial charge on any atom is -0.296 e. The number of rotatable bonds is 5. The number of fused-ring (bicyclic) bond motifs is 1. The van der Waals surface area contributed by atoms with Gasteiger partial charge in [0.2, 0.25) is 20.0 Å². The predicted molar refractivity (Wildman–Crippen MR) is 116 cm³/mol. The molecule has 0 radical (unpaired) electrons. The summed E-state index contributed by atoms with van der Waals surface area (Å²) in [5.74, 6) is 0. The second-order valence-corrected chi connectivity index (χ2v) is 11.9. The summed E-state index contributed by atoms with van der Waals surface area (Å²) < 4.78 is 52.8. The summed E-state index contributed by atoms with van der Waals surface area (Å²) in [7, 11) is -6.73. The molecule has 4 rings (SSSR count). The molecule has 0 spiro atoms. The number of sulfonamides is 2. The highest BCUT2D eigenvalue weighted by Gasteiger charge is 2.29. The third kappa shape index (κ3) is 4.60. The molecule has 1 fully saturated rings. The van der Waals surface area contributed by atoms with Crippen LogP contribution in [0.5, 0.6) is 0 Å². The van der Waals surface area contributed by atoms with E-state index >= 15 is 0 Å². The van der Waals surface area contributed by atoms with Gasteiger partial charge in [0.1, 0.15) is 0 Å². The minimum atomic E-state index is -3.57. The molecule has 7 nitrogen and oxygen atoms in total. The molecule has 2 aliphatic heterocycles. The van der Waals surface area contributed by atoms with Gasteiger partial charge in [-0.25, -0.2) is 16.8 Å². The van der Waals surface area contributed by atoms with E-state index in [1.54, 1.807) is 22.5 Å². The van der Waals surface area contributed by atoms with Crippen LogP contribution in [0, 0.1) is 0 Å². The SMILES string of the molecule is CS(=O)(=O)N1CCN(Cc2cccc(S(=O)(=O)N3CCc4ccccc4C3)c2)CC1. The molecule has 2 aromatic carbocycles. The summed E-state index contributed by atoms with van der Waals surface area (Å²) in [4.78, 5) is 2.47. The Morgan fingerprint density at radius 2 is 1.50 bits per heavy atom. The second-order valence-electron chi connectivity index (χ2n) is 7.94. The summed E-state index contributed by atoms with van der Waals surface area (Å²) in [5.41, 5.74) is 3.19. The van der Waals surface area contributed by atoms with Crippen LogP contribution in [0.1, 0.15) is 16.7 Å². The number of nitrogens with zero attached hydrogens (tertiary/aromatic N) is 3. The average Bonchev–Trinajstić information content (AvgIpc) is 2.73. The van der Waals surface area contributed by atoms with E-state index in [1.807, 2.05) is 24.3 Å². The molecule has 0 atom stereocenters. The van der Waals surface area contributed by atoms with Gasteiger partial charge in [-0.1, -0.05) is 36.4 Å². The van der Waals surface area contributed by atoms with Gasteiger partial charge < -0.3 is 0 Å². The Morgan fingerprint density at radius 1 is 0.800 bits per heavy atom. The largest absolute Gasteiger partial charge is 0.296 e. The van der Waals surface area contributed by atoms with Gasteiger partial charge in [0.05, 0.1) is 11.2 Å². The second kappa shape index (κ2) is 8.39. The Labute approximate surface area is 179 Å². The molecule has 2 aromatic rings. The van der Waals surface area contributed by atoms with E-state index in [2.05, 4.69) is 11.0 Å². The molecule has 30 heavy (non-hydrogen) atoms. The number of hydrogen-bond acceptors (Lipinski definition) is 5. The standard InChI is InChI=1S/C21H27N3O4S2/c1-29(25,26)23-13-11-22(12-14-23)16-18-5-4-8-21(15-18)30(27,28)24-10-9-19-6-2-3-7-20(19)17-24/h2-8,15H,9-14,16-17H2,1H3. The Morgan fingerprint density at radius 3 is 2.20 bits per heavy atom. The molecule has 162 valence electrons. The van der Waals surface area contributed by atoms with Gasteiger partial charge >= 0.3 is 0 Å². The van der Waals surface area contributed by atoms with Crippen molar-refractivity contribution in [3.05, 3.63) is 65.2 Å². The Bertz CT molecular complexity index is 1120. The normalized spacial score (nSPS) is 19.5. The molecule has 0 aliphatic carbocycles. The van der Waals surface area contributed by atoms with Crippen LogP contribution >= 0.6 is 0 Å². The van der Waals surface area contributed by atoms with Crippen molar-refractivity contribution < 1.29 is 16.8 Å². The lowest BCUT2D eigenvalue weighted by Gasteiger charge is -2.33. The lowest BCUT2D eigenvalue weighted by Crippen LogP contribution is -2.47. The van der Waals surface area contributed by atoms with Gasteiger partial charge in [0, 0.05) is 45.8 Å². The lowest BCUT2D eigenvalue weighted by atomic mass is 10.0. The van der Waals surface area contributed by atoms with Gasteiger partial charge in [-0.3, -0.25) is 4.90 Å². The van der Waals surface area contributed by atoms with Gasteiger partial charge in [0.25, 0.3) is 0 Å². The molecule has 0 amide bonds. The topological polar surface area (TPSA) is 78.0 Å². The number of piperazine rings is 1. The first kappa shape index (κ1) is 21.5. The van der Waals surface area contributed by atoms with Crippen LogP contribution in [0.2, 0.25) is 0 Å². The van der Waals surface area contributed by atoms with Crippen molar-refractivity contribution in [1.29, 1.82) is 0 Å². The fourth-order valence-electron chi connectivity index (χ4n) is 4.11. The van der Waals surface area contributed by atoms with Crippen LogP contribution in [0.25, 0.3) is 0 Å². The first-order valence-corrected chi connectivity index (χ1v) is 13.4. The van der Waals surface area contributed by atoms with E-state index in [1.165, 1.54) is 16.1 Å². The van der Waals surface area contributed by atoms with Gasteiger partial charge in [-0.05, 0) is 35.2 Å². The molecule has 1 saturated heterocycles. The lowest BCUT2D eigenvalue weighted by molar-refractivity contribution is 0.182. The fraction of sp³-hybridized carbons (Fsp3) is 0.429. The first-order chi connectivity index (χ1) is 14.2. The van der Waals surface area contributed by atoms with Crippen molar-refractivity contribution in [2.75, 3.05) is 39.0 Å². The van der Waals surface area contributed by atoms with Crippen molar-refractivity contribution >= 4 is 20.0 Å². The van der Waals surface area contributed by atoms with Crippen molar-refractivity contribution in [2.45, 2.75) is 24.4 Å². The summed E-state index contributed by atoms with van der Waals surface area (Å²) in [5, 5.41) is 0. The monoisotopic (exact) mass is 449 g/mol. The summed E-state index contributed by atoms with van der Waals surface area (Å²) in [6.07, 6.45) is 1.95. The highest BCUT2D eigenvalue weighted by atomic mass is 32.2. The number of hydrogen-bond donors (Lipinski definition) is 0. The predicted octanol–water partition coefficient (Wildman–Crippen LogP) is 1.51. The zero-order valence-electron chi connectivity index (χ0n) is 17.1. The highest BCUT2D eigenvalue weighted by Crippen LogP contribution is 2.25. The molecule has 2 aliphatic rings. The van der Waals surface area contributed by atoms with Crippen molar-refractivity contribution in [3.63, 3.8) is 0 Å². The van der Waals surface area contributed by atoms with E-state index in [-0.39, 0.29) is 0 Å². The van der Waals surface area contributed by atoms with Crippen LogP contribution in [0.15, 0.2) is 53.4 Å². The number of benzene rings is 2. The minimum absolute atomic E-state index is 0.314. The van der Waals surface area contributed by atoms with Gasteiger partial charge in [-0.15, -0.1) is 0 Å². The Balaban J connectivity index is 1.46. The van der Waals surface area contributed by atoms with Crippen LogP contribution in [-0.4, -0.2) is 69.3 Å². The van der Waals surface area contributed by atoms with E-state index < -0.39 is 20.0 Å². The quantitative estimate of drug-likeness (QED) is 0.692. The maximum atomic E-state index is 13.2. The maximum Gasteiger partial charge on any atom is 0.243 e. The van der Waals surface area contributed by atoms with Crippen LogP contribution < -0.4 is 0 Å². The summed E-state index contributed by atoms with van der Waals surface area (Å²) in [6, 6.07) is 15.1. The zero-order chi connectivity index (χ0) is 21.4. The Kier molecular flexibility index (Phi) is 6.00. The van der Waals surface area contributed by atoms with Crippen molar-refractivity contribution in [1.82, 2.24) is 13.5 Å². The first-order valence-electron chi connectivity index (χ1n) is 10.1. The fourth-order valence-corrected chi connectivity index (χ4v) is 6.42. The Hall–Kier alpha value is -1.78. The zero-order valence-corrected chi connectivity index (χ0v) is 18.7. The molecule has 0 unspecified atom stereocenters. The third-order valence-corrected chi connectivity index (χ3v) is 8.98. The van der Waals surface area contributed by atoms with E-state index in [4.69, 9.17) is 0 Å². The van der Waals surface area contributed by atoms with Crippen molar-refractivity contribution in [3.8, 4) is 0 Å². The molecule has 0 saturated carbocycles. The van der Waals surface area contributed by atoms with Gasteiger partial charge in [0.15, 0.2) is 0 Å². The average molecular weight is 450 g/mol. The van der Waals surface area contributed by atoms with Crippen LogP contribution in [0.3, 0.4) is 0 Å². The molecule has 0 bridgehead atoms. The summed E-state index contributed by atoms with van der Waals surface area (Å²) in [6.45, 7) is 3.67. The van der Waals surface area contributed by atoms with E-state index in [0.29, 0.717) is 50.7 Å². The molecule has 0 N–H and O–H groups in total. The van der Waals surface area contributed by atoms with E-state index in [9.17, 15) is 16.8 Å². The maximum absolute atomic E-state index is 13.2. The van der Waals surface area contributed by atoms with Crippen LogP contribution in [-0.2, 0) is 39.6 Å². The van der Waals surface area contributed by atoms with Crippen LogP contribution in [0.4, 0.5) is 0 Å². The smallest absolute Gasteiger partial charge is 0.243 e. The molecular weight excluding hydrogens is 422 g/mol. The van der Waals surface area contributed by atoms with E-state index in [0.717, 1.165) is 17.5 Å².